The Morgan fingerprint density at radius 3 is 2.62 bits per heavy atom. The lowest BCUT2D eigenvalue weighted by Crippen LogP contribution is -2.44. The molecular weight excluding hydrogens is 344 g/mol. The molecule has 0 unspecified atom stereocenters. The monoisotopic (exact) mass is 368 g/mol. The minimum Gasteiger partial charge on any atom is -0.369 e. The van der Waals surface area contributed by atoms with E-state index < -0.39 is 0 Å². The molecule has 5 rings (SSSR count). The third kappa shape index (κ3) is 2.47. The number of fused-ring (bicyclic) bond motifs is 2. The molecule has 2 aliphatic heterocycles. The molecule has 0 bridgehead atoms. The summed E-state index contributed by atoms with van der Waals surface area (Å²) in [5.41, 5.74) is 7.81. The second-order valence-corrected chi connectivity index (χ2v) is 8.18. The first-order valence-corrected chi connectivity index (χ1v) is 9.88. The van der Waals surface area contributed by atoms with E-state index in [1.165, 1.54) is 28.2 Å². The van der Waals surface area contributed by atoms with Crippen molar-refractivity contribution < 1.29 is 0 Å². The quantitative estimate of drug-likeness (QED) is 0.764. The van der Waals surface area contributed by atoms with Gasteiger partial charge in [-0.3, -0.25) is 0 Å². The Hall–Kier alpha value is -1.91. The van der Waals surface area contributed by atoms with Crippen molar-refractivity contribution in [3.63, 3.8) is 0 Å². The van der Waals surface area contributed by atoms with Crippen LogP contribution < -0.4 is 4.90 Å². The lowest BCUT2D eigenvalue weighted by Gasteiger charge is -2.34. The first kappa shape index (κ1) is 16.3. The van der Waals surface area contributed by atoms with Gasteiger partial charge < -0.3 is 19.3 Å². The van der Waals surface area contributed by atoms with E-state index in [4.69, 9.17) is 11.6 Å². The van der Waals surface area contributed by atoms with Crippen LogP contribution in [0.25, 0.3) is 11.4 Å². The van der Waals surface area contributed by atoms with Gasteiger partial charge in [0.05, 0.1) is 22.1 Å². The summed E-state index contributed by atoms with van der Waals surface area (Å²) in [5, 5.41) is 0.857. The summed E-state index contributed by atoms with van der Waals surface area (Å²) in [5.74, 6) is 0. The van der Waals surface area contributed by atoms with E-state index in [0.717, 1.165) is 56.3 Å². The van der Waals surface area contributed by atoms with Gasteiger partial charge in [-0.2, -0.15) is 0 Å². The smallest absolute Gasteiger partial charge is 0.0720 e. The number of aryl methyl sites for hydroxylation is 1. The molecule has 0 N–H and O–H groups in total. The van der Waals surface area contributed by atoms with Crippen LogP contribution in [0.5, 0.6) is 0 Å². The van der Waals surface area contributed by atoms with E-state index >= 15 is 0 Å². The molecule has 1 saturated heterocycles. The summed E-state index contributed by atoms with van der Waals surface area (Å²) in [4.78, 5) is 7.23. The highest BCUT2D eigenvalue weighted by Gasteiger charge is 2.28. The molecule has 3 heterocycles. The number of anilines is 1. The normalized spacial score (nSPS) is 19.7. The number of nitrogens with zero attached hydrogens (tertiary/aromatic N) is 4. The maximum Gasteiger partial charge on any atom is 0.0720 e. The predicted octanol–water partition coefficient (Wildman–Crippen LogP) is 3.62. The van der Waals surface area contributed by atoms with Crippen LogP contribution in [-0.4, -0.2) is 54.6 Å². The predicted molar refractivity (Wildman–Crippen MR) is 108 cm³/mol. The van der Waals surface area contributed by atoms with Gasteiger partial charge in [0.25, 0.3) is 0 Å². The van der Waals surface area contributed by atoms with Crippen LogP contribution in [0.2, 0.25) is 5.02 Å². The standard InChI is InChI=1S/C21H25ClN4/c1-23-8-10-25(11-9-23)17-12-16-14-24(2)19-5-3-4-15-6-7-26(21(15)19)20(16)18(22)13-17/h5-7,12-13H,3-4,8-11,14H2,1-2H3. The van der Waals surface area contributed by atoms with Crippen molar-refractivity contribution in [1.82, 2.24) is 14.4 Å². The van der Waals surface area contributed by atoms with Gasteiger partial charge in [-0.25, -0.2) is 0 Å². The minimum absolute atomic E-state index is 0.857. The van der Waals surface area contributed by atoms with E-state index in [-0.39, 0.29) is 0 Å². The van der Waals surface area contributed by atoms with Crippen molar-refractivity contribution in [2.75, 3.05) is 45.2 Å². The minimum atomic E-state index is 0.857. The SMILES string of the molecule is CN1CCN(c2cc(Cl)c3c(c2)CN(C)C2=CCCc4ccn-3c42)CC1. The van der Waals surface area contributed by atoms with E-state index in [1.54, 1.807) is 0 Å². The highest BCUT2D eigenvalue weighted by Crippen LogP contribution is 2.40. The van der Waals surface area contributed by atoms with Crippen molar-refractivity contribution in [1.29, 1.82) is 0 Å². The molecular formula is C21H25ClN4. The Bertz CT molecular complexity index is 890. The van der Waals surface area contributed by atoms with Crippen LogP contribution in [0.4, 0.5) is 5.69 Å². The number of halogens is 1. The number of piperazine rings is 1. The molecule has 0 spiro atoms. The molecule has 1 aliphatic carbocycles. The van der Waals surface area contributed by atoms with E-state index in [9.17, 15) is 0 Å². The molecule has 26 heavy (non-hydrogen) atoms. The number of hydrogen-bond donors (Lipinski definition) is 0. The zero-order chi connectivity index (χ0) is 17.8. The van der Waals surface area contributed by atoms with Crippen LogP contribution in [-0.2, 0) is 13.0 Å². The van der Waals surface area contributed by atoms with Crippen LogP contribution in [0, 0.1) is 0 Å². The second kappa shape index (κ2) is 6.07. The average molecular weight is 369 g/mol. The molecule has 4 nitrogen and oxygen atoms in total. The van der Waals surface area contributed by atoms with Gasteiger partial charge >= 0.3 is 0 Å². The number of aromatic nitrogens is 1. The fraction of sp³-hybridized carbons (Fsp3) is 0.429. The fourth-order valence-electron chi connectivity index (χ4n) is 4.56. The molecule has 1 aromatic carbocycles. The molecule has 2 aromatic rings. The third-order valence-electron chi connectivity index (χ3n) is 6.02. The van der Waals surface area contributed by atoms with Crippen LogP contribution >= 0.6 is 11.6 Å². The number of rotatable bonds is 1. The molecule has 5 heteroatoms. The highest BCUT2D eigenvalue weighted by molar-refractivity contribution is 6.33. The van der Waals surface area contributed by atoms with Gasteiger partial charge in [0.15, 0.2) is 0 Å². The van der Waals surface area contributed by atoms with E-state index in [2.05, 4.69) is 63.8 Å². The summed E-state index contributed by atoms with van der Waals surface area (Å²) in [6.07, 6.45) is 6.81. The first-order chi connectivity index (χ1) is 12.6. The molecule has 0 atom stereocenters. The maximum absolute atomic E-state index is 6.87. The molecule has 136 valence electrons. The summed E-state index contributed by atoms with van der Waals surface area (Å²) in [6.45, 7) is 5.22. The Labute approximate surface area is 160 Å². The number of hydrogen-bond acceptors (Lipinski definition) is 3. The maximum atomic E-state index is 6.87. The van der Waals surface area contributed by atoms with Crippen molar-refractivity contribution in [2.45, 2.75) is 19.4 Å². The van der Waals surface area contributed by atoms with E-state index in [1.807, 2.05) is 0 Å². The number of benzene rings is 1. The van der Waals surface area contributed by atoms with Gasteiger partial charge in [-0.05, 0) is 49.2 Å². The average Bonchev–Trinajstić information content (AvgIpc) is 3.00. The molecule has 3 aliphatic rings. The van der Waals surface area contributed by atoms with Gasteiger partial charge in [-0.1, -0.05) is 17.7 Å². The van der Waals surface area contributed by atoms with Gasteiger partial charge in [0, 0.05) is 51.7 Å². The summed E-state index contributed by atoms with van der Waals surface area (Å²) < 4.78 is 2.31. The summed E-state index contributed by atoms with van der Waals surface area (Å²) in [7, 11) is 4.39. The molecule has 1 aromatic heterocycles. The Morgan fingerprint density at radius 2 is 1.81 bits per heavy atom. The highest BCUT2D eigenvalue weighted by atomic mass is 35.5. The van der Waals surface area contributed by atoms with E-state index in [0.29, 0.717) is 0 Å². The first-order valence-electron chi connectivity index (χ1n) is 9.50. The molecule has 0 radical (unpaired) electrons. The van der Waals surface area contributed by atoms with Crippen molar-refractivity contribution in [3.05, 3.63) is 52.3 Å². The summed E-state index contributed by atoms with van der Waals surface area (Å²) >= 11 is 6.87. The lowest BCUT2D eigenvalue weighted by molar-refractivity contribution is 0.313. The Balaban J connectivity index is 1.63. The zero-order valence-electron chi connectivity index (χ0n) is 15.5. The molecule has 0 saturated carbocycles. The Kier molecular flexibility index (Phi) is 3.80. The fourth-order valence-corrected chi connectivity index (χ4v) is 4.89. The van der Waals surface area contributed by atoms with Crippen molar-refractivity contribution >= 4 is 23.0 Å². The third-order valence-corrected chi connectivity index (χ3v) is 6.31. The Morgan fingerprint density at radius 1 is 1.00 bits per heavy atom. The van der Waals surface area contributed by atoms with Crippen LogP contribution in [0.1, 0.15) is 23.2 Å². The van der Waals surface area contributed by atoms with Crippen LogP contribution in [0.3, 0.4) is 0 Å². The topological polar surface area (TPSA) is 14.7 Å². The van der Waals surface area contributed by atoms with Crippen molar-refractivity contribution in [3.8, 4) is 5.69 Å². The lowest BCUT2D eigenvalue weighted by atomic mass is 10.0. The van der Waals surface area contributed by atoms with Gasteiger partial charge in [0.2, 0.25) is 0 Å². The van der Waals surface area contributed by atoms with Gasteiger partial charge in [-0.15, -0.1) is 0 Å². The van der Waals surface area contributed by atoms with Crippen LogP contribution in [0.15, 0.2) is 30.5 Å². The molecule has 1 fully saturated rings. The number of likely N-dealkylation sites (N-methyl/N-ethyl adjacent to an activating group) is 1. The zero-order valence-corrected chi connectivity index (χ0v) is 16.3. The van der Waals surface area contributed by atoms with Gasteiger partial charge in [0.1, 0.15) is 0 Å². The number of allylic oxidation sites excluding steroid dienone is 1. The summed E-state index contributed by atoms with van der Waals surface area (Å²) in [6, 6.07) is 6.78. The second-order valence-electron chi connectivity index (χ2n) is 7.77. The van der Waals surface area contributed by atoms with Crippen molar-refractivity contribution in [2.24, 2.45) is 0 Å². The molecule has 0 amide bonds. The largest absolute Gasteiger partial charge is 0.369 e.